The number of pyridine rings is 1. The number of hydrogen-bond donors (Lipinski definition) is 2. The first kappa shape index (κ1) is 23.0. The van der Waals surface area contributed by atoms with Crippen LogP contribution in [0.5, 0.6) is 0 Å². The smallest absolute Gasteiger partial charge is 0.274 e. The summed E-state index contributed by atoms with van der Waals surface area (Å²) in [6, 6.07) is 3.10. The monoisotopic (exact) mass is 444 g/mol. The maximum atomic E-state index is 13.5. The molecule has 0 radical (unpaired) electrons. The Kier molecular flexibility index (Phi) is 7.50. The van der Waals surface area contributed by atoms with Gasteiger partial charge in [-0.15, -0.1) is 11.3 Å². The molecule has 0 unspecified atom stereocenters. The number of aromatic nitrogens is 3. The summed E-state index contributed by atoms with van der Waals surface area (Å²) in [6.45, 7) is 9.77. The Balaban J connectivity index is 0.00000132. The van der Waals surface area contributed by atoms with E-state index in [1.807, 2.05) is 38.7 Å². The van der Waals surface area contributed by atoms with Gasteiger partial charge in [-0.25, -0.2) is 14.4 Å². The first-order valence-electron chi connectivity index (χ1n) is 10.6. The van der Waals surface area contributed by atoms with E-state index in [4.69, 9.17) is 5.73 Å². The Labute approximate surface area is 185 Å². The average Bonchev–Trinajstić information content (AvgIpc) is 3.40. The number of carbonyl (C=O) groups is 1. The van der Waals surface area contributed by atoms with Crippen LogP contribution < -0.4 is 11.1 Å². The molecule has 0 aliphatic carbocycles. The summed E-state index contributed by atoms with van der Waals surface area (Å²) in [6.07, 6.45) is 3.67. The maximum absolute atomic E-state index is 13.5. The van der Waals surface area contributed by atoms with Crippen LogP contribution in [0.4, 0.5) is 10.3 Å². The second kappa shape index (κ2) is 10.1. The fourth-order valence-electron chi connectivity index (χ4n) is 3.56. The Morgan fingerprint density at radius 3 is 2.81 bits per heavy atom. The minimum absolute atomic E-state index is 0.0988. The van der Waals surface area contributed by atoms with Crippen LogP contribution in [-0.4, -0.2) is 45.4 Å². The summed E-state index contributed by atoms with van der Waals surface area (Å²) < 4.78 is 14.3. The number of hydrogen-bond acceptors (Lipinski definition) is 7. The lowest BCUT2D eigenvalue weighted by Crippen LogP contribution is -2.30. The SMILES string of the molecule is CC.Cc1cc2nc(N[C@@H](C)c3cncc(F)c3)nc(C(=O)N3CC[C@@H](CN)C3)c2s1. The van der Waals surface area contributed by atoms with Crippen LogP contribution in [0.3, 0.4) is 0 Å². The minimum atomic E-state index is -0.402. The lowest BCUT2D eigenvalue weighted by atomic mass is 10.1. The number of likely N-dealkylation sites (tertiary alicyclic amines) is 1. The third kappa shape index (κ3) is 5.16. The number of nitrogens with zero attached hydrogens (tertiary/aromatic N) is 4. The van der Waals surface area contributed by atoms with Gasteiger partial charge in [-0.1, -0.05) is 13.8 Å². The van der Waals surface area contributed by atoms with Crippen molar-refractivity contribution in [3.63, 3.8) is 0 Å². The number of nitrogens with two attached hydrogens (primary N) is 1. The lowest BCUT2D eigenvalue weighted by Gasteiger charge is -2.18. The number of thiophene rings is 1. The predicted octanol–water partition coefficient (Wildman–Crippen LogP) is 4.15. The summed E-state index contributed by atoms with van der Waals surface area (Å²) in [5, 5.41) is 3.18. The third-order valence-electron chi connectivity index (χ3n) is 5.18. The van der Waals surface area contributed by atoms with Crippen LogP contribution in [0.2, 0.25) is 0 Å². The van der Waals surface area contributed by atoms with E-state index < -0.39 is 5.82 Å². The molecule has 3 N–H and O–H groups in total. The molecule has 166 valence electrons. The summed E-state index contributed by atoms with van der Waals surface area (Å²) in [5.74, 6) is 0.170. The van der Waals surface area contributed by atoms with Crippen LogP contribution in [0.15, 0.2) is 24.5 Å². The van der Waals surface area contributed by atoms with Gasteiger partial charge in [0.05, 0.1) is 22.5 Å². The lowest BCUT2D eigenvalue weighted by molar-refractivity contribution is 0.0784. The molecule has 3 aromatic heterocycles. The van der Waals surface area contributed by atoms with E-state index in [1.54, 1.807) is 6.20 Å². The van der Waals surface area contributed by atoms with Gasteiger partial charge in [0.2, 0.25) is 5.95 Å². The molecule has 31 heavy (non-hydrogen) atoms. The topological polar surface area (TPSA) is 97.0 Å². The molecular weight excluding hydrogens is 415 g/mol. The Morgan fingerprint density at radius 2 is 2.13 bits per heavy atom. The zero-order valence-corrected chi connectivity index (χ0v) is 19.2. The molecule has 0 aromatic carbocycles. The number of rotatable bonds is 5. The number of halogens is 1. The molecule has 4 rings (SSSR count). The summed E-state index contributed by atoms with van der Waals surface area (Å²) >= 11 is 1.51. The fourth-order valence-corrected chi connectivity index (χ4v) is 4.49. The van der Waals surface area contributed by atoms with Crippen molar-refractivity contribution in [3.8, 4) is 0 Å². The number of aryl methyl sites for hydroxylation is 1. The van der Waals surface area contributed by atoms with Crippen molar-refractivity contribution in [3.05, 3.63) is 46.5 Å². The van der Waals surface area contributed by atoms with Crippen LogP contribution in [-0.2, 0) is 0 Å². The largest absolute Gasteiger partial charge is 0.348 e. The molecule has 7 nitrogen and oxygen atoms in total. The zero-order valence-electron chi connectivity index (χ0n) is 18.4. The molecule has 0 saturated carbocycles. The normalized spacial score (nSPS) is 16.7. The highest BCUT2D eigenvalue weighted by Gasteiger charge is 2.29. The van der Waals surface area contributed by atoms with E-state index in [2.05, 4.69) is 20.3 Å². The molecular formula is C22H29FN6OS. The van der Waals surface area contributed by atoms with E-state index >= 15 is 0 Å². The third-order valence-corrected chi connectivity index (χ3v) is 6.22. The van der Waals surface area contributed by atoms with Gasteiger partial charge in [0, 0.05) is 24.2 Å². The number of carbonyl (C=O) groups excluding carboxylic acids is 1. The van der Waals surface area contributed by atoms with Crippen LogP contribution in [0, 0.1) is 18.7 Å². The quantitative estimate of drug-likeness (QED) is 0.613. The number of fused-ring (bicyclic) bond motifs is 1. The molecule has 1 aliphatic heterocycles. The van der Waals surface area contributed by atoms with Crippen molar-refractivity contribution < 1.29 is 9.18 Å². The van der Waals surface area contributed by atoms with Crippen LogP contribution in [0.25, 0.3) is 10.2 Å². The molecule has 1 aliphatic rings. The molecule has 0 bridgehead atoms. The first-order valence-corrected chi connectivity index (χ1v) is 11.4. The summed E-state index contributed by atoms with van der Waals surface area (Å²) in [4.78, 5) is 29.1. The average molecular weight is 445 g/mol. The van der Waals surface area contributed by atoms with Gasteiger partial charge in [0.15, 0.2) is 5.69 Å². The number of anilines is 1. The van der Waals surface area contributed by atoms with Crippen LogP contribution in [0.1, 0.15) is 54.2 Å². The van der Waals surface area contributed by atoms with Gasteiger partial charge >= 0.3 is 0 Å². The van der Waals surface area contributed by atoms with Crippen molar-refractivity contribution in [1.82, 2.24) is 19.9 Å². The molecule has 1 saturated heterocycles. The maximum Gasteiger partial charge on any atom is 0.274 e. The van der Waals surface area contributed by atoms with Crippen LogP contribution >= 0.6 is 11.3 Å². The van der Waals surface area contributed by atoms with E-state index in [1.165, 1.54) is 17.4 Å². The van der Waals surface area contributed by atoms with Crippen molar-refractivity contribution in [2.24, 2.45) is 11.7 Å². The van der Waals surface area contributed by atoms with Crippen molar-refractivity contribution in [2.75, 3.05) is 25.0 Å². The zero-order chi connectivity index (χ0) is 22.5. The second-order valence-electron chi connectivity index (χ2n) is 7.41. The standard InChI is InChI=1S/C20H23FN6OS.C2H6/c1-11-5-16-18(29-11)17(19(28)27-4-3-13(7-22)10-27)26-20(25-16)24-12(2)14-6-15(21)9-23-8-14;1-2/h5-6,8-9,12-13H,3-4,7,10,22H2,1-2H3,(H,24,25,26);1-2H3/t12-,13-;/m0./s1. The van der Waals surface area contributed by atoms with Gasteiger partial charge in [0.1, 0.15) is 5.82 Å². The van der Waals surface area contributed by atoms with E-state index in [0.717, 1.165) is 27.7 Å². The molecule has 1 fully saturated rings. The summed E-state index contributed by atoms with van der Waals surface area (Å²) in [7, 11) is 0. The van der Waals surface area contributed by atoms with Crippen molar-refractivity contribution >= 4 is 33.4 Å². The first-order chi connectivity index (χ1) is 14.9. The number of amides is 1. The summed E-state index contributed by atoms with van der Waals surface area (Å²) in [5.41, 5.74) is 7.57. The fraction of sp³-hybridized carbons (Fsp3) is 0.455. The van der Waals surface area contributed by atoms with Gasteiger partial charge < -0.3 is 16.0 Å². The number of nitrogens with one attached hydrogen (secondary N) is 1. The van der Waals surface area contributed by atoms with Gasteiger partial charge in [0.25, 0.3) is 5.91 Å². The molecule has 0 spiro atoms. The van der Waals surface area contributed by atoms with E-state index in [9.17, 15) is 9.18 Å². The van der Waals surface area contributed by atoms with Crippen molar-refractivity contribution in [2.45, 2.75) is 40.2 Å². The molecule has 9 heteroatoms. The molecule has 1 amide bonds. The Morgan fingerprint density at radius 1 is 1.35 bits per heavy atom. The van der Waals surface area contributed by atoms with Gasteiger partial charge in [-0.2, -0.15) is 0 Å². The predicted molar refractivity (Wildman–Crippen MR) is 123 cm³/mol. The van der Waals surface area contributed by atoms with E-state index in [-0.39, 0.29) is 11.9 Å². The Hall–Kier alpha value is -2.65. The van der Waals surface area contributed by atoms with E-state index in [0.29, 0.717) is 42.8 Å². The molecule has 4 heterocycles. The van der Waals surface area contributed by atoms with Gasteiger partial charge in [-0.05, 0) is 50.4 Å². The van der Waals surface area contributed by atoms with Gasteiger partial charge in [-0.3, -0.25) is 9.78 Å². The Bertz CT molecular complexity index is 1060. The highest BCUT2D eigenvalue weighted by molar-refractivity contribution is 7.19. The van der Waals surface area contributed by atoms with Crippen molar-refractivity contribution in [1.29, 1.82) is 0 Å². The minimum Gasteiger partial charge on any atom is -0.348 e. The molecule has 3 aromatic rings. The molecule has 2 atom stereocenters. The highest BCUT2D eigenvalue weighted by Crippen LogP contribution is 2.30. The second-order valence-corrected chi connectivity index (χ2v) is 8.67. The highest BCUT2D eigenvalue weighted by atomic mass is 32.1.